The van der Waals surface area contributed by atoms with Gasteiger partial charge >= 0.3 is 0 Å². The maximum Gasteiger partial charge on any atom is 0.258 e. The van der Waals surface area contributed by atoms with E-state index in [1.807, 2.05) is 83.8 Å². The lowest BCUT2D eigenvalue weighted by atomic mass is 9.73. The van der Waals surface area contributed by atoms with Crippen LogP contribution in [0.25, 0.3) is 0 Å². The zero-order valence-electron chi connectivity index (χ0n) is 18.6. The molecule has 33 heavy (non-hydrogen) atoms. The van der Waals surface area contributed by atoms with Gasteiger partial charge in [-0.2, -0.15) is 0 Å². The summed E-state index contributed by atoms with van der Waals surface area (Å²) in [5.74, 6) is -0.0288. The second-order valence-electron chi connectivity index (χ2n) is 8.78. The summed E-state index contributed by atoms with van der Waals surface area (Å²) in [6.45, 7) is 1.79. The van der Waals surface area contributed by atoms with Crippen LogP contribution in [-0.4, -0.2) is 31.6 Å². The second-order valence-corrected chi connectivity index (χ2v) is 8.78. The molecule has 3 aromatic rings. The summed E-state index contributed by atoms with van der Waals surface area (Å²) < 4.78 is 5.58. The number of amides is 2. The van der Waals surface area contributed by atoms with Crippen LogP contribution < -0.4 is 10.2 Å². The van der Waals surface area contributed by atoms with Crippen LogP contribution in [0.1, 0.15) is 40.7 Å². The third kappa shape index (κ3) is 4.16. The first kappa shape index (κ1) is 21.4. The number of aryl methyl sites for hydroxylation is 1. The number of hydrogen-bond acceptors (Lipinski definition) is 3. The SMILES string of the molecule is O=C(c1ccccc1)N1CCCc2ccc(NC(=O)C3(c4ccccc4)CCOCC3)cc21. The van der Waals surface area contributed by atoms with Crippen LogP contribution in [-0.2, 0) is 21.4 Å². The first-order chi connectivity index (χ1) is 16.2. The van der Waals surface area contributed by atoms with E-state index >= 15 is 0 Å². The predicted molar refractivity (Wildman–Crippen MR) is 130 cm³/mol. The quantitative estimate of drug-likeness (QED) is 0.623. The van der Waals surface area contributed by atoms with Gasteiger partial charge < -0.3 is 15.0 Å². The third-order valence-corrected chi connectivity index (χ3v) is 6.84. The molecule has 2 amide bonds. The Morgan fingerprint density at radius 2 is 1.58 bits per heavy atom. The molecular formula is C28H28N2O3. The van der Waals surface area contributed by atoms with Crippen molar-refractivity contribution in [3.8, 4) is 0 Å². The lowest BCUT2D eigenvalue weighted by Gasteiger charge is -2.36. The van der Waals surface area contributed by atoms with E-state index in [0.717, 1.165) is 29.7 Å². The average Bonchev–Trinajstić information content (AvgIpc) is 2.89. The van der Waals surface area contributed by atoms with E-state index < -0.39 is 5.41 Å². The average molecular weight is 441 g/mol. The van der Waals surface area contributed by atoms with Crippen LogP contribution in [0.5, 0.6) is 0 Å². The number of carbonyl (C=O) groups excluding carboxylic acids is 2. The standard InChI is InChI=1S/C28H28N2O3/c31-26(22-8-3-1-4-9-22)30-17-7-10-21-13-14-24(20-25(21)30)29-27(32)28(15-18-33-19-16-28)23-11-5-2-6-12-23/h1-6,8-9,11-14,20H,7,10,15-19H2,(H,29,32). The van der Waals surface area contributed by atoms with Crippen LogP contribution in [0, 0.1) is 0 Å². The molecule has 2 aliphatic heterocycles. The summed E-state index contributed by atoms with van der Waals surface area (Å²) in [6, 6.07) is 25.3. The number of fused-ring (bicyclic) bond motifs is 1. The molecule has 5 rings (SSSR count). The Hall–Kier alpha value is -3.44. The van der Waals surface area contributed by atoms with Crippen LogP contribution >= 0.6 is 0 Å². The number of anilines is 2. The molecule has 168 valence electrons. The first-order valence-electron chi connectivity index (χ1n) is 11.6. The van der Waals surface area contributed by atoms with Gasteiger partial charge in [-0.3, -0.25) is 9.59 Å². The predicted octanol–water partition coefficient (Wildman–Crippen LogP) is 4.97. The Labute approximate surface area is 194 Å². The molecule has 0 radical (unpaired) electrons. The van der Waals surface area contributed by atoms with Crippen molar-refractivity contribution < 1.29 is 14.3 Å². The molecule has 0 atom stereocenters. The summed E-state index contributed by atoms with van der Waals surface area (Å²) in [5, 5.41) is 3.17. The van der Waals surface area contributed by atoms with Crippen LogP contribution in [0.2, 0.25) is 0 Å². The van der Waals surface area contributed by atoms with Gasteiger partial charge in [0, 0.05) is 36.7 Å². The van der Waals surface area contributed by atoms with E-state index in [9.17, 15) is 9.59 Å². The third-order valence-electron chi connectivity index (χ3n) is 6.84. The molecule has 0 spiro atoms. The molecule has 0 unspecified atom stereocenters. The Morgan fingerprint density at radius 3 is 2.30 bits per heavy atom. The fraction of sp³-hybridized carbons (Fsp3) is 0.286. The van der Waals surface area contributed by atoms with Gasteiger partial charge in [-0.1, -0.05) is 54.6 Å². The highest BCUT2D eigenvalue weighted by Gasteiger charge is 2.41. The van der Waals surface area contributed by atoms with Gasteiger partial charge in [0.1, 0.15) is 0 Å². The van der Waals surface area contributed by atoms with E-state index in [0.29, 0.717) is 43.9 Å². The van der Waals surface area contributed by atoms with Crippen LogP contribution in [0.3, 0.4) is 0 Å². The number of nitrogens with one attached hydrogen (secondary N) is 1. The summed E-state index contributed by atoms with van der Waals surface area (Å²) in [6.07, 6.45) is 3.14. The number of benzene rings is 3. The van der Waals surface area contributed by atoms with Crippen molar-refractivity contribution in [2.75, 3.05) is 30.0 Å². The van der Waals surface area contributed by atoms with Crippen LogP contribution in [0.4, 0.5) is 11.4 Å². The first-order valence-corrected chi connectivity index (χ1v) is 11.6. The number of rotatable bonds is 4. The Balaban J connectivity index is 1.44. The van der Waals surface area contributed by atoms with Gasteiger partial charge in [-0.25, -0.2) is 0 Å². The summed E-state index contributed by atoms with van der Waals surface area (Å²) >= 11 is 0. The van der Waals surface area contributed by atoms with Gasteiger partial charge in [0.15, 0.2) is 0 Å². The minimum Gasteiger partial charge on any atom is -0.381 e. The molecule has 5 heteroatoms. The maximum absolute atomic E-state index is 13.6. The fourth-order valence-corrected chi connectivity index (χ4v) is 4.97. The van der Waals surface area contributed by atoms with E-state index in [2.05, 4.69) is 5.32 Å². The van der Waals surface area contributed by atoms with Crippen molar-refractivity contribution in [3.05, 3.63) is 95.6 Å². The molecule has 0 bridgehead atoms. The Bertz CT molecular complexity index is 1140. The minimum atomic E-state index is -0.616. The van der Waals surface area contributed by atoms with Crippen molar-refractivity contribution in [1.29, 1.82) is 0 Å². The summed E-state index contributed by atoms with van der Waals surface area (Å²) in [4.78, 5) is 28.7. The number of carbonyl (C=O) groups is 2. The molecule has 5 nitrogen and oxygen atoms in total. The van der Waals surface area contributed by atoms with Crippen molar-refractivity contribution in [2.45, 2.75) is 31.1 Å². The Morgan fingerprint density at radius 1 is 0.879 bits per heavy atom. The lowest BCUT2D eigenvalue weighted by Crippen LogP contribution is -2.44. The molecule has 1 fully saturated rings. The van der Waals surface area contributed by atoms with Gasteiger partial charge in [0.05, 0.1) is 5.41 Å². The number of hydrogen-bond donors (Lipinski definition) is 1. The topological polar surface area (TPSA) is 58.6 Å². The maximum atomic E-state index is 13.6. The van der Waals surface area contributed by atoms with Gasteiger partial charge in [-0.15, -0.1) is 0 Å². The second kappa shape index (κ2) is 9.20. The number of ether oxygens (including phenoxy) is 1. The highest BCUT2D eigenvalue weighted by Crippen LogP contribution is 2.37. The molecule has 0 saturated carbocycles. The molecule has 1 saturated heterocycles. The van der Waals surface area contributed by atoms with Gasteiger partial charge in [0.2, 0.25) is 5.91 Å². The van der Waals surface area contributed by atoms with E-state index in [1.165, 1.54) is 0 Å². The van der Waals surface area contributed by atoms with E-state index in [1.54, 1.807) is 0 Å². The van der Waals surface area contributed by atoms with Crippen molar-refractivity contribution in [2.24, 2.45) is 0 Å². The molecule has 1 N–H and O–H groups in total. The molecule has 0 aliphatic carbocycles. The normalized spacial score (nSPS) is 17.2. The Kier molecular flexibility index (Phi) is 5.97. The van der Waals surface area contributed by atoms with Crippen molar-refractivity contribution in [3.63, 3.8) is 0 Å². The zero-order chi connectivity index (χ0) is 22.7. The molecule has 2 aliphatic rings. The van der Waals surface area contributed by atoms with Gasteiger partial charge in [0.25, 0.3) is 5.91 Å². The summed E-state index contributed by atoms with van der Waals surface area (Å²) in [7, 11) is 0. The minimum absolute atomic E-state index is 0.00906. The van der Waals surface area contributed by atoms with Crippen molar-refractivity contribution >= 4 is 23.2 Å². The van der Waals surface area contributed by atoms with E-state index in [4.69, 9.17) is 4.74 Å². The highest BCUT2D eigenvalue weighted by molar-refractivity contribution is 6.07. The fourth-order valence-electron chi connectivity index (χ4n) is 4.97. The van der Waals surface area contributed by atoms with Crippen molar-refractivity contribution in [1.82, 2.24) is 0 Å². The largest absolute Gasteiger partial charge is 0.381 e. The number of nitrogens with zero attached hydrogens (tertiary/aromatic N) is 1. The molecular weight excluding hydrogens is 412 g/mol. The van der Waals surface area contributed by atoms with Gasteiger partial charge in [-0.05, 0) is 61.1 Å². The smallest absolute Gasteiger partial charge is 0.258 e. The molecule has 3 aromatic carbocycles. The van der Waals surface area contributed by atoms with E-state index in [-0.39, 0.29) is 11.8 Å². The van der Waals surface area contributed by atoms with Crippen LogP contribution in [0.15, 0.2) is 78.9 Å². The highest BCUT2D eigenvalue weighted by atomic mass is 16.5. The molecule has 0 aromatic heterocycles. The monoisotopic (exact) mass is 440 g/mol. The zero-order valence-corrected chi connectivity index (χ0v) is 18.6. The summed E-state index contributed by atoms with van der Waals surface area (Å²) in [5.41, 5.74) is 3.80. The molecule has 2 heterocycles. The lowest BCUT2D eigenvalue weighted by molar-refractivity contribution is -0.125.